The van der Waals surface area contributed by atoms with Gasteiger partial charge in [-0.05, 0) is 37.9 Å². The van der Waals surface area contributed by atoms with E-state index in [1.54, 1.807) is 6.92 Å². The van der Waals surface area contributed by atoms with Crippen LogP contribution in [0.3, 0.4) is 0 Å². The van der Waals surface area contributed by atoms with Gasteiger partial charge in [-0.25, -0.2) is 14.8 Å². The molecule has 0 aromatic carbocycles. The van der Waals surface area contributed by atoms with Gasteiger partial charge in [-0.2, -0.15) is 0 Å². The highest BCUT2D eigenvalue weighted by molar-refractivity contribution is 7.80. The van der Waals surface area contributed by atoms with Crippen LogP contribution in [-0.2, 0) is 4.74 Å². The van der Waals surface area contributed by atoms with Crippen LogP contribution in [0.4, 0.5) is 10.6 Å². The van der Waals surface area contributed by atoms with Crippen molar-refractivity contribution in [1.29, 1.82) is 0 Å². The number of anilines is 1. The summed E-state index contributed by atoms with van der Waals surface area (Å²) in [4.78, 5) is 19.4. The molecule has 0 aliphatic heterocycles. The quantitative estimate of drug-likeness (QED) is 0.660. The molecule has 1 amide bonds. The number of hydrogen-bond acceptors (Lipinski definition) is 5. The van der Waals surface area contributed by atoms with Gasteiger partial charge >= 0.3 is 6.09 Å². The molecule has 0 radical (unpaired) electrons. The van der Waals surface area contributed by atoms with Crippen LogP contribution < -0.4 is 10.6 Å². The number of nitrogens with zero attached hydrogens (tertiary/aromatic N) is 2. The summed E-state index contributed by atoms with van der Waals surface area (Å²) in [5, 5.41) is 5.83. The summed E-state index contributed by atoms with van der Waals surface area (Å²) in [7, 11) is 0. The third kappa shape index (κ3) is 3.55. The third-order valence-corrected chi connectivity index (χ3v) is 3.58. The zero-order valence-electron chi connectivity index (χ0n) is 11.0. The normalized spacial score (nSPS) is 14.3. The van der Waals surface area contributed by atoms with Crippen LogP contribution in [0.5, 0.6) is 0 Å². The Balaban J connectivity index is 2.07. The Morgan fingerprint density at radius 3 is 2.90 bits per heavy atom. The molecule has 108 valence electrons. The van der Waals surface area contributed by atoms with Crippen LogP contribution >= 0.6 is 23.8 Å². The Morgan fingerprint density at radius 1 is 1.55 bits per heavy atom. The molecule has 0 atom stereocenters. The lowest BCUT2D eigenvalue weighted by Gasteiger charge is -2.27. The highest BCUT2D eigenvalue weighted by Crippen LogP contribution is 2.41. The Morgan fingerprint density at radius 2 is 2.30 bits per heavy atom. The average Bonchev–Trinajstić information content (AvgIpc) is 2.31. The standard InChI is InChI=1S/C12H15ClN4O2S/c1-2-19-12(18)17-11(20)16-10-8(7-4-3-5-7)9(13)14-6-15-10/h6-7H,2-5H2,1H3,(H2,14,15,16,17,18,20). The average molecular weight is 315 g/mol. The maximum atomic E-state index is 11.3. The molecule has 1 aromatic rings. The van der Waals surface area contributed by atoms with Gasteiger partial charge in [0.2, 0.25) is 0 Å². The van der Waals surface area contributed by atoms with Gasteiger partial charge in [-0.15, -0.1) is 0 Å². The highest BCUT2D eigenvalue weighted by Gasteiger charge is 2.26. The fourth-order valence-electron chi connectivity index (χ4n) is 1.93. The number of carbonyl (C=O) groups is 1. The molecule has 0 saturated heterocycles. The molecule has 2 N–H and O–H groups in total. The summed E-state index contributed by atoms with van der Waals surface area (Å²) in [6, 6.07) is 0. The van der Waals surface area contributed by atoms with Crippen molar-refractivity contribution in [3.63, 3.8) is 0 Å². The lowest BCUT2D eigenvalue weighted by Crippen LogP contribution is -2.35. The van der Waals surface area contributed by atoms with E-state index in [1.165, 1.54) is 12.7 Å². The second-order valence-electron chi connectivity index (χ2n) is 4.35. The minimum atomic E-state index is -0.602. The summed E-state index contributed by atoms with van der Waals surface area (Å²) in [6.07, 6.45) is 4.04. The van der Waals surface area contributed by atoms with E-state index in [1.807, 2.05) is 0 Å². The molecule has 1 aliphatic rings. The van der Waals surface area contributed by atoms with Crippen LogP contribution in [0.2, 0.25) is 5.15 Å². The van der Waals surface area contributed by atoms with Crippen molar-refractivity contribution in [2.45, 2.75) is 32.1 Å². The fraction of sp³-hybridized carbons (Fsp3) is 0.500. The number of aromatic nitrogens is 2. The molecule has 1 heterocycles. The van der Waals surface area contributed by atoms with Gasteiger partial charge in [-0.3, -0.25) is 5.32 Å². The molecular formula is C12H15ClN4O2S. The molecule has 1 aromatic heterocycles. The van der Waals surface area contributed by atoms with E-state index in [-0.39, 0.29) is 11.7 Å². The molecule has 20 heavy (non-hydrogen) atoms. The van der Waals surface area contributed by atoms with Gasteiger partial charge in [-0.1, -0.05) is 18.0 Å². The van der Waals surface area contributed by atoms with Crippen molar-refractivity contribution in [1.82, 2.24) is 15.3 Å². The molecule has 2 rings (SSSR count). The maximum Gasteiger partial charge on any atom is 0.413 e. The zero-order chi connectivity index (χ0) is 14.5. The van der Waals surface area contributed by atoms with Gasteiger partial charge in [0.1, 0.15) is 17.3 Å². The second-order valence-corrected chi connectivity index (χ2v) is 5.12. The Kier molecular flexibility index (Phi) is 5.08. The largest absolute Gasteiger partial charge is 0.450 e. The van der Waals surface area contributed by atoms with Gasteiger partial charge in [0.05, 0.1) is 6.61 Å². The summed E-state index contributed by atoms with van der Waals surface area (Å²) < 4.78 is 4.75. The van der Waals surface area contributed by atoms with E-state index in [4.69, 9.17) is 28.6 Å². The molecule has 0 unspecified atom stereocenters. The van der Waals surface area contributed by atoms with Crippen LogP contribution in [0.15, 0.2) is 6.33 Å². The van der Waals surface area contributed by atoms with E-state index >= 15 is 0 Å². The lowest BCUT2D eigenvalue weighted by atomic mass is 9.80. The zero-order valence-corrected chi connectivity index (χ0v) is 12.6. The number of ether oxygens (including phenoxy) is 1. The number of rotatable bonds is 3. The number of hydrogen-bond donors (Lipinski definition) is 2. The molecule has 6 nitrogen and oxygen atoms in total. The van der Waals surface area contributed by atoms with Crippen molar-refractivity contribution in [3.8, 4) is 0 Å². The van der Waals surface area contributed by atoms with Gasteiger partial charge in [0.15, 0.2) is 5.11 Å². The number of carbonyl (C=O) groups excluding carboxylic acids is 1. The molecule has 1 aliphatic carbocycles. The van der Waals surface area contributed by atoms with Gasteiger partial charge < -0.3 is 10.1 Å². The minimum absolute atomic E-state index is 0.124. The fourth-order valence-corrected chi connectivity index (χ4v) is 2.40. The van der Waals surface area contributed by atoms with E-state index in [0.29, 0.717) is 16.9 Å². The SMILES string of the molecule is CCOC(=O)NC(=S)Nc1ncnc(Cl)c1C1CCC1. The predicted molar refractivity (Wildman–Crippen MR) is 80.0 cm³/mol. The number of halogens is 1. The van der Waals surface area contributed by atoms with Crippen molar-refractivity contribution in [2.24, 2.45) is 0 Å². The smallest absolute Gasteiger partial charge is 0.413 e. The first-order valence-corrected chi connectivity index (χ1v) is 7.15. The maximum absolute atomic E-state index is 11.3. The van der Waals surface area contributed by atoms with Crippen molar-refractivity contribution < 1.29 is 9.53 Å². The molecule has 1 saturated carbocycles. The minimum Gasteiger partial charge on any atom is -0.450 e. The molecular weight excluding hydrogens is 300 g/mol. The summed E-state index contributed by atoms with van der Waals surface area (Å²) in [6.45, 7) is 2.00. The number of thiocarbonyl (C=S) groups is 1. The topological polar surface area (TPSA) is 76.1 Å². The van der Waals surface area contributed by atoms with Crippen LogP contribution in [-0.4, -0.2) is 27.8 Å². The van der Waals surface area contributed by atoms with Crippen LogP contribution in [0.1, 0.15) is 37.7 Å². The summed E-state index contributed by atoms with van der Waals surface area (Å²) >= 11 is 11.2. The first-order valence-electron chi connectivity index (χ1n) is 6.37. The second kappa shape index (κ2) is 6.81. The van der Waals surface area contributed by atoms with E-state index in [0.717, 1.165) is 18.4 Å². The molecule has 1 fully saturated rings. The van der Waals surface area contributed by atoms with Crippen LogP contribution in [0.25, 0.3) is 0 Å². The Bertz CT molecular complexity index is 522. The third-order valence-electron chi connectivity index (χ3n) is 3.07. The van der Waals surface area contributed by atoms with Crippen molar-refractivity contribution in [2.75, 3.05) is 11.9 Å². The van der Waals surface area contributed by atoms with E-state index in [2.05, 4.69) is 20.6 Å². The Labute approximate surface area is 127 Å². The summed E-state index contributed by atoms with van der Waals surface area (Å²) in [5.41, 5.74) is 0.855. The summed E-state index contributed by atoms with van der Waals surface area (Å²) in [5.74, 6) is 0.882. The molecule has 0 bridgehead atoms. The van der Waals surface area contributed by atoms with Gasteiger partial charge in [0.25, 0.3) is 0 Å². The lowest BCUT2D eigenvalue weighted by molar-refractivity contribution is 0.158. The number of alkyl carbamates (subject to hydrolysis) is 1. The highest BCUT2D eigenvalue weighted by atomic mass is 35.5. The van der Waals surface area contributed by atoms with Crippen LogP contribution in [0, 0.1) is 0 Å². The van der Waals surface area contributed by atoms with Crippen molar-refractivity contribution >= 4 is 40.8 Å². The predicted octanol–water partition coefficient (Wildman–Crippen LogP) is 2.84. The first kappa shape index (κ1) is 14.9. The molecule has 0 spiro atoms. The van der Waals surface area contributed by atoms with Crippen molar-refractivity contribution in [3.05, 3.63) is 17.0 Å². The number of amides is 1. The number of nitrogens with one attached hydrogen (secondary N) is 2. The monoisotopic (exact) mass is 314 g/mol. The van der Waals surface area contributed by atoms with E-state index in [9.17, 15) is 4.79 Å². The van der Waals surface area contributed by atoms with Gasteiger partial charge in [0, 0.05) is 5.56 Å². The van der Waals surface area contributed by atoms with E-state index < -0.39 is 6.09 Å². The first-order chi connectivity index (χ1) is 9.61. The molecule has 8 heteroatoms. The Hall–Kier alpha value is -1.47.